The summed E-state index contributed by atoms with van der Waals surface area (Å²) < 4.78 is 0. The van der Waals surface area contributed by atoms with E-state index in [1.165, 1.54) is 115 Å². The second-order valence-corrected chi connectivity index (χ2v) is 8.96. The molecule has 0 unspecified atom stereocenters. The van der Waals surface area contributed by atoms with Crippen molar-refractivity contribution in [3.63, 3.8) is 0 Å². The van der Waals surface area contributed by atoms with Crippen LogP contribution in [0.5, 0.6) is 5.75 Å². The quantitative estimate of drug-likeness (QED) is 0.167. The summed E-state index contributed by atoms with van der Waals surface area (Å²) in [6.07, 6.45) is 22.9. The molecule has 0 fully saturated rings. The third-order valence-electron chi connectivity index (χ3n) is 6.06. The smallest absolute Gasteiger partial charge is 0.872 e. The van der Waals surface area contributed by atoms with Crippen molar-refractivity contribution >= 4 is 43.9 Å². The Morgan fingerprint density at radius 2 is 1.06 bits per heavy atom. The maximum Gasteiger partial charge on any atom is 2.00 e. The van der Waals surface area contributed by atoms with Gasteiger partial charge in [-0.15, -0.1) is 5.75 Å². The van der Waals surface area contributed by atoms with Crippen LogP contribution in [0.4, 0.5) is 4.79 Å². The molecule has 0 saturated carbocycles. The van der Waals surface area contributed by atoms with Gasteiger partial charge in [0.15, 0.2) is 0 Å². The van der Waals surface area contributed by atoms with E-state index < -0.39 is 6.16 Å². The van der Waals surface area contributed by atoms with Crippen LogP contribution in [0.15, 0.2) is 18.2 Å². The molecule has 0 aliphatic carbocycles. The van der Waals surface area contributed by atoms with Gasteiger partial charge in [-0.05, 0) is 31.2 Å². The standard InChI is InChI=1S/C27H48O.CH2O3.Ca/c1-3-5-7-9-11-12-13-15-16-18-21-25-22-20-24-27(28)26(25)23-19-17-14-10-8-6-4-2;2-1(3)4;/h20,22,24,28H,3-19,21,23H2,1-2H3;(H2,2,3,4);/q;;+2/p-2. The minimum atomic E-state index is -2.08. The van der Waals surface area contributed by atoms with Crippen molar-refractivity contribution in [2.45, 2.75) is 136 Å². The molecule has 0 bridgehead atoms. The number of carbonyl (C=O) groups is 1. The first-order valence-electron chi connectivity index (χ1n) is 13.2. The number of rotatable bonds is 19. The van der Waals surface area contributed by atoms with Crippen molar-refractivity contribution in [3.05, 3.63) is 29.3 Å². The molecule has 0 aromatic heterocycles. The second-order valence-electron chi connectivity index (χ2n) is 8.96. The average molecular weight is 489 g/mol. The fourth-order valence-electron chi connectivity index (χ4n) is 4.19. The Labute approximate surface area is 233 Å². The topological polar surface area (TPSA) is 83.4 Å². The Kier molecular flexibility index (Phi) is 27.5. The first-order chi connectivity index (χ1) is 15.5. The summed E-state index contributed by atoms with van der Waals surface area (Å²) in [5.41, 5.74) is 2.45. The van der Waals surface area contributed by atoms with Crippen LogP contribution in [-0.2, 0) is 12.8 Å². The number of aryl methyl sites for hydroxylation is 1. The van der Waals surface area contributed by atoms with E-state index in [1.54, 1.807) is 6.07 Å². The molecule has 0 amide bonds. The SMILES string of the molecule is CCCCCCCCCCCCc1cccc([O-])c1CCCCCCCCC.O=C([O-])O.[Ca+2]. The van der Waals surface area contributed by atoms with Gasteiger partial charge in [0.1, 0.15) is 0 Å². The minimum absolute atomic E-state index is 0. The second kappa shape index (κ2) is 26.2. The summed E-state index contributed by atoms with van der Waals surface area (Å²) >= 11 is 0. The maximum atomic E-state index is 12.3. The van der Waals surface area contributed by atoms with E-state index >= 15 is 0 Å². The van der Waals surface area contributed by atoms with Crippen molar-refractivity contribution in [2.75, 3.05) is 0 Å². The van der Waals surface area contributed by atoms with Crippen LogP contribution in [0.2, 0.25) is 0 Å². The van der Waals surface area contributed by atoms with Gasteiger partial charge in [-0.25, -0.2) is 0 Å². The maximum absolute atomic E-state index is 12.3. The van der Waals surface area contributed by atoms with Crippen LogP contribution in [0, 0.1) is 0 Å². The van der Waals surface area contributed by atoms with Crippen molar-refractivity contribution in [3.8, 4) is 5.75 Å². The molecule has 0 aliphatic heterocycles. The number of hydrogen-bond acceptors (Lipinski definition) is 3. The van der Waals surface area contributed by atoms with Crippen molar-refractivity contribution in [1.82, 2.24) is 0 Å². The largest absolute Gasteiger partial charge is 2.00 e. The van der Waals surface area contributed by atoms with E-state index in [-0.39, 0.29) is 43.5 Å². The zero-order chi connectivity index (χ0) is 23.9. The molecule has 1 aromatic carbocycles. The Balaban J connectivity index is 0. The molecule has 0 saturated heterocycles. The molecule has 1 rings (SSSR count). The molecule has 0 aliphatic rings. The summed E-state index contributed by atoms with van der Waals surface area (Å²) in [7, 11) is 0. The van der Waals surface area contributed by atoms with Crippen molar-refractivity contribution in [2.24, 2.45) is 0 Å². The predicted octanol–water partition coefficient (Wildman–Crippen LogP) is 7.02. The molecule has 0 radical (unpaired) electrons. The number of benzene rings is 1. The number of carboxylic acid groups (broad SMARTS) is 2. The molecule has 5 heteroatoms. The normalized spacial score (nSPS) is 10.2. The molecule has 0 spiro atoms. The fourth-order valence-corrected chi connectivity index (χ4v) is 4.19. The van der Waals surface area contributed by atoms with Crippen LogP contribution in [0.1, 0.15) is 134 Å². The molecule has 0 heterocycles. The molecule has 0 atom stereocenters. The van der Waals surface area contributed by atoms with E-state index in [0.29, 0.717) is 0 Å². The van der Waals surface area contributed by atoms with E-state index in [9.17, 15) is 5.11 Å². The Hall–Kier alpha value is -0.450. The third kappa shape index (κ3) is 23.1. The summed E-state index contributed by atoms with van der Waals surface area (Å²) in [6, 6.07) is 5.92. The fraction of sp³-hybridized carbons (Fsp3) is 0.750. The molecular formula is C28H48CaO4. The first-order valence-corrected chi connectivity index (χ1v) is 13.2. The van der Waals surface area contributed by atoms with E-state index in [0.717, 1.165) is 18.4 Å². The summed E-state index contributed by atoms with van der Waals surface area (Å²) in [6.45, 7) is 4.55. The number of hydrogen-bond donors (Lipinski definition) is 1. The van der Waals surface area contributed by atoms with Gasteiger partial charge in [-0.3, -0.25) is 0 Å². The number of unbranched alkanes of at least 4 members (excludes halogenated alkanes) is 15. The van der Waals surface area contributed by atoms with Crippen LogP contribution in [0.3, 0.4) is 0 Å². The Morgan fingerprint density at radius 1 is 0.697 bits per heavy atom. The van der Waals surface area contributed by atoms with E-state index in [4.69, 9.17) is 15.0 Å². The van der Waals surface area contributed by atoms with E-state index in [1.807, 2.05) is 6.07 Å². The first kappa shape index (κ1) is 34.7. The summed E-state index contributed by atoms with van der Waals surface area (Å²) in [5.74, 6) is 0.274. The Morgan fingerprint density at radius 3 is 1.48 bits per heavy atom. The summed E-state index contributed by atoms with van der Waals surface area (Å²) in [4.78, 5) is 8.44. The zero-order valence-electron chi connectivity index (χ0n) is 21.5. The van der Waals surface area contributed by atoms with Gasteiger partial charge in [-0.1, -0.05) is 134 Å². The van der Waals surface area contributed by atoms with Gasteiger partial charge >= 0.3 is 37.7 Å². The summed E-state index contributed by atoms with van der Waals surface area (Å²) in [5, 5.41) is 27.6. The van der Waals surface area contributed by atoms with Crippen molar-refractivity contribution in [1.29, 1.82) is 0 Å². The molecular weight excluding hydrogens is 440 g/mol. The average Bonchev–Trinajstić information content (AvgIpc) is 2.75. The van der Waals surface area contributed by atoms with Crippen LogP contribution < -0.4 is 10.2 Å². The van der Waals surface area contributed by atoms with Crippen LogP contribution in [-0.4, -0.2) is 49.0 Å². The van der Waals surface area contributed by atoms with Gasteiger partial charge < -0.3 is 20.1 Å². The van der Waals surface area contributed by atoms with Crippen LogP contribution >= 0.6 is 0 Å². The van der Waals surface area contributed by atoms with Crippen LogP contribution in [0.25, 0.3) is 0 Å². The Bertz CT molecular complexity index is 559. The molecule has 186 valence electrons. The van der Waals surface area contributed by atoms with Gasteiger partial charge in [-0.2, -0.15) is 0 Å². The molecule has 33 heavy (non-hydrogen) atoms. The van der Waals surface area contributed by atoms with Gasteiger partial charge in [0.25, 0.3) is 0 Å². The van der Waals surface area contributed by atoms with Gasteiger partial charge in [0.05, 0.1) is 0 Å². The van der Waals surface area contributed by atoms with Gasteiger partial charge in [0.2, 0.25) is 6.16 Å². The van der Waals surface area contributed by atoms with E-state index in [2.05, 4.69) is 19.9 Å². The molecule has 4 nitrogen and oxygen atoms in total. The monoisotopic (exact) mass is 488 g/mol. The molecule has 1 N–H and O–H groups in total. The third-order valence-corrected chi connectivity index (χ3v) is 6.06. The minimum Gasteiger partial charge on any atom is -0.872 e. The van der Waals surface area contributed by atoms with Gasteiger partial charge in [0, 0.05) is 0 Å². The predicted molar refractivity (Wildman–Crippen MR) is 137 cm³/mol. The molecule has 1 aromatic rings. The van der Waals surface area contributed by atoms with Crippen molar-refractivity contribution < 1.29 is 20.1 Å². The zero-order valence-corrected chi connectivity index (χ0v) is 23.8.